The van der Waals surface area contributed by atoms with Crippen molar-refractivity contribution in [2.24, 2.45) is 5.92 Å². The number of hydrogen-bond donors (Lipinski definition) is 1. The summed E-state index contributed by atoms with van der Waals surface area (Å²) in [6.45, 7) is 4.57. The molecule has 1 N–H and O–H groups in total. The summed E-state index contributed by atoms with van der Waals surface area (Å²) in [4.78, 5) is 24.5. The zero-order valence-corrected chi connectivity index (χ0v) is 15.1. The molecule has 5 heteroatoms. The van der Waals surface area contributed by atoms with E-state index in [9.17, 15) is 9.59 Å². The summed E-state index contributed by atoms with van der Waals surface area (Å²) < 4.78 is 6.72. The highest BCUT2D eigenvalue weighted by Gasteiger charge is 2.17. The van der Waals surface area contributed by atoms with Crippen LogP contribution in [0.25, 0.3) is 11.1 Å². The molecule has 0 aliphatic rings. The van der Waals surface area contributed by atoms with Crippen molar-refractivity contribution >= 4 is 17.0 Å². The van der Waals surface area contributed by atoms with Gasteiger partial charge >= 0.3 is 5.76 Å². The van der Waals surface area contributed by atoms with E-state index in [0.717, 1.165) is 12.0 Å². The molecule has 3 aromatic rings. The van der Waals surface area contributed by atoms with Crippen LogP contribution in [0.1, 0.15) is 38.3 Å². The van der Waals surface area contributed by atoms with Crippen LogP contribution in [0, 0.1) is 5.92 Å². The number of aryl methyl sites for hydroxylation is 1. The van der Waals surface area contributed by atoms with Gasteiger partial charge in [-0.3, -0.25) is 9.36 Å². The number of rotatable bonds is 7. The lowest BCUT2D eigenvalue weighted by molar-refractivity contribution is -0.122. The predicted octanol–water partition coefficient (Wildman–Crippen LogP) is 3.89. The second-order valence-corrected chi connectivity index (χ2v) is 6.90. The Bertz CT molecular complexity index is 925. The van der Waals surface area contributed by atoms with Gasteiger partial charge in [-0.2, -0.15) is 0 Å². The molecule has 0 saturated heterocycles. The van der Waals surface area contributed by atoms with Crippen molar-refractivity contribution in [1.82, 2.24) is 9.88 Å². The maximum Gasteiger partial charge on any atom is 0.419 e. The fourth-order valence-electron chi connectivity index (χ4n) is 3.14. The molecule has 26 heavy (non-hydrogen) atoms. The number of para-hydroxylation sites is 2. The van der Waals surface area contributed by atoms with Gasteiger partial charge in [0.05, 0.1) is 11.6 Å². The van der Waals surface area contributed by atoms with Gasteiger partial charge in [0.1, 0.15) is 0 Å². The molecular weight excluding hydrogens is 328 g/mol. The molecule has 0 bridgehead atoms. The monoisotopic (exact) mass is 352 g/mol. The van der Waals surface area contributed by atoms with Gasteiger partial charge < -0.3 is 9.73 Å². The molecule has 1 aromatic heterocycles. The standard InChI is InChI=1S/C21H24N2O3/c1-15(2)14-17(16-8-4-3-5-9-16)22-20(24)12-13-23-18-10-6-7-11-19(18)26-21(23)25/h3-11,15,17H,12-14H2,1-2H3,(H,22,24)/t17-/m0/s1. The fraction of sp³-hybridized carbons (Fsp3) is 0.333. The van der Waals surface area contributed by atoms with E-state index in [1.807, 2.05) is 48.5 Å². The molecule has 1 heterocycles. The summed E-state index contributed by atoms with van der Waals surface area (Å²) in [6, 6.07) is 17.2. The van der Waals surface area contributed by atoms with Crippen LogP contribution >= 0.6 is 0 Å². The average molecular weight is 352 g/mol. The number of aromatic nitrogens is 1. The SMILES string of the molecule is CC(C)C[C@H](NC(=O)CCn1c(=O)oc2ccccc21)c1ccccc1. The first-order valence-electron chi connectivity index (χ1n) is 8.97. The topological polar surface area (TPSA) is 64.2 Å². The van der Waals surface area contributed by atoms with Crippen molar-refractivity contribution < 1.29 is 9.21 Å². The summed E-state index contributed by atoms with van der Waals surface area (Å²) in [5.74, 6) is -0.0431. The maximum atomic E-state index is 12.5. The number of carbonyl (C=O) groups is 1. The van der Waals surface area contributed by atoms with E-state index in [-0.39, 0.29) is 18.4 Å². The molecule has 0 saturated carbocycles. The van der Waals surface area contributed by atoms with E-state index >= 15 is 0 Å². The number of carbonyl (C=O) groups excluding carboxylic acids is 1. The fourth-order valence-corrected chi connectivity index (χ4v) is 3.14. The second kappa shape index (κ2) is 8.04. The Morgan fingerprint density at radius 3 is 2.50 bits per heavy atom. The number of benzene rings is 2. The minimum atomic E-state index is -0.430. The van der Waals surface area contributed by atoms with Crippen molar-refractivity contribution in [1.29, 1.82) is 0 Å². The molecule has 5 nitrogen and oxygen atoms in total. The van der Waals surface area contributed by atoms with Crippen LogP contribution in [0.2, 0.25) is 0 Å². The van der Waals surface area contributed by atoms with Crippen molar-refractivity contribution in [3.63, 3.8) is 0 Å². The molecule has 1 atom stereocenters. The van der Waals surface area contributed by atoms with Crippen LogP contribution in [0.3, 0.4) is 0 Å². The van der Waals surface area contributed by atoms with Crippen LogP contribution in [0.15, 0.2) is 63.8 Å². The van der Waals surface area contributed by atoms with E-state index in [4.69, 9.17) is 4.42 Å². The third-order valence-corrected chi connectivity index (χ3v) is 4.38. The average Bonchev–Trinajstić information content (AvgIpc) is 2.95. The van der Waals surface area contributed by atoms with Gasteiger partial charge in [0.2, 0.25) is 5.91 Å². The summed E-state index contributed by atoms with van der Waals surface area (Å²) >= 11 is 0. The molecule has 0 aliphatic carbocycles. The lowest BCUT2D eigenvalue weighted by atomic mass is 9.97. The van der Waals surface area contributed by atoms with Gasteiger partial charge in [-0.25, -0.2) is 4.79 Å². The number of oxazole rings is 1. The minimum Gasteiger partial charge on any atom is -0.408 e. The summed E-state index contributed by atoms with van der Waals surface area (Å²) in [7, 11) is 0. The lowest BCUT2D eigenvalue weighted by Gasteiger charge is -2.21. The quantitative estimate of drug-likeness (QED) is 0.702. The molecule has 0 unspecified atom stereocenters. The molecule has 1 amide bonds. The van der Waals surface area contributed by atoms with Crippen molar-refractivity contribution in [3.05, 3.63) is 70.7 Å². The van der Waals surface area contributed by atoms with E-state index in [1.165, 1.54) is 4.57 Å². The lowest BCUT2D eigenvalue weighted by Crippen LogP contribution is -2.31. The van der Waals surface area contributed by atoms with Crippen LogP contribution in [0.5, 0.6) is 0 Å². The summed E-state index contributed by atoms with van der Waals surface area (Å²) in [5.41, 5.74) is 2.35. The Hall–Kier alpha value is -2.82. The van der Waals surface area contributed by atoms with Crippen molar-refractivity contribution in [2.75, 3.05) is 0 Å². The first-order valence-corrected chi connectivity index (χ1v) is 8.97. The van der Waals surface area contributed by atoms with E-state index in [0.29, 0.717) is 23.6 Å². The van der Waals surface area contributed by atoms with E-state index in [2.05, 4.69) is 19.2 Å². The van der Waals surface area contributed by atoms with Crippen molar-refractivity contribution in [2.45, 2.75) is 39.3 Å². The molecule has 0 spiro atoms. The number of amides is 1. The van der Waals surface area contributed by atoms with E-state index < -0.39 is 5.76 Å². The highest BCUT2D eigenvalue weighted by molar-refractivity contribution is 5.77. The largest absolute Gasteiger partial charge is 0.419 e. The normalized spacial score (nSPS) is 12.4. The van der Waals surface area contributed by atoms with Crippen LogP contribution in [-0.2, 0) is 11.3 Å². The smallest absolute Gasteiger partial charge is 0.408 e. The first kappa shape index (κ1) is 18.0. The Morgan fingerprint density at radius 2 is 1.77 bits per heavy atom. The predicted molar refractivity (Wildman–Crippen MR) is 102 cm³/mol. The molecule has 0 fully saturated rings. The molecule has 0 radical (unpaired) electrons. The Labute approximate surface area is 152 Å². The molecule has 3 rings (SSSR count). The summed E-state index contributed by atoms with van der Waals surface area (Å²) in [5, 5.41) is 3.11. The zero-order chi connectivity index (χ0) is 18.5. The maximum absolute atomic E-state index is 12.5. The zero-order valence-electron chi connectivity index (χ0n) is 15.1. The Balaban J connectivity index is 1.68. The highest BCUT2D eigenvalue weighted by atomic mass is 16.4. The van der Waals surface area contributed by atoms with Crippen LogP contribution < -0.4 is 11.1 Å². The molecule has 0 aliphatic heterocycles. The van der Waals surface area contributed by atoms with Crippen LogP contribution in [0.4, 0.5) is 0 Å². The number of fused-ring (bicyclic) bond motifs is 1. The van der Waals surface area contributed by atoms with Crippen molar-refractivity contribution in [3.8, 4) is 0 Å². The summed E-state index contributed by atoms with van der Waals surface area (Å²) in [6.07, 6.45) is 1.09. The van der Waals surface area contributed by atoms with Gasteiger partial charge in [0.15, 0.2) is 5.58 Å². The van der Waals surface area contributed by atoms with Gasteiger partial charge in [0.25, 0.3) is 0 Å². The van der Waals surface area contributed by atoms with Gasteiger partial charge in [-0.1, -0.05) is 56.3 Å². The minimum absolute atomic E-state index is 0.0264. The van der Waals surface area contributed by atoms with E-state index in [1.54, 1.807) is 6.07 Å². The number of nitrogens with zero attached hydrogens (tertiary/aromatic N) is 1. The van der Waals surface area contributed by atoms with Crippen LogP contribution in [-0.4, -0.2) is 10.5 Å². The second-order valence-electron chi connectivity index (χ2n) is 6.90. The third kappa shape index (κ3) is 4.23. The molecular formula is C21H24N2O3. The number of hydrogen-bond acceptors (Lipinski definition) is 3. The highest BCUT2D eigenvalue weighted by Crippen LogP contribution is 2.21. The van der Waals surface area contributed by atoms with Gasteiger partial charge in [-0.15, -0.1) is 0 Å². The molecule has 136 valence electrons. The Kier molecular flexibility index (Phi) is 5.56. The number of nitrogens with one attached hydrogen (secondary N) is 1. The third-order valence-electron chi connectivity index (χ3n) is 4.38. The van der Waals surface area contributed by atoms with Gasteiger partial charge in [0, 0.05) is 13.0 Å². The molecule has 2 aromatic carbocycles. The first-order chi connectivity index (χ1) is 12.5. The Morgan fingerprint density at radius 1 is 1.08 bits per heavy atom. The van der Waals surface area contributed by atoms with Gasteiger partial charge in [-0.05, 0) is 30.0 Å².